The molecule has 32 heavy (non-hydrogen) atoms. The summed E-state index contributed by atoms with van der Waals surface area (Å²) in [5, 5.41) is 0. The molecule has 168 valence electrons. The second kappa shape index (κ2) is 10.3. The van der Waals surface area contributed by atoms with Crippen molar-refractivity contribution < 1.29 is 13.2 Å². The summed E-state index contributed by atoms with van der Waals surface area (Å²) in [4.78, 5) is 2.71. The van der Waals surface area contributed by atoms with Crippen molar-refractivity contribution in [3.8, 4) is 16.9 Å². The van der Waals surface area contributed by atoms with Gasteiger partial charge in [-0.05, 0) is 61.7 Å². The van der Waals surface area contributed by atoms with E-state index in [0.29, 0.717) is 11.3 Å². The predicted molar refractivity (Wildman–Crippen MR) is 128 cm³/mol. The molecule has 1 heterocycles. The van der Waals surface area contributed by atoms with Crippen molar-refractivity contribution in [3.05, 3.63) is 84.4 Å². The standard InChI is InChI=1S/C26H30N2O3S/c1-31-24-12-13-26(25(20-24)22-10-6-3-7-11-22)32(29,30)27-23-15-18-28(19-16-23)17-14-21-8-4-2-5-9-21/h2-13,20,23,27H,14-19H2,1H3. The number of nitrogens with one attached hydrogen (secondary N) is 1. The summed E-state index contributed by atoms with van der Waals surface area (Å²) in [6.07, 6.45) is 2.64. The third-order valence-electron chi connectivity index (χ3n) is 6.03. The van der Waals surface area contributed by atoms with Crippen LogP contribution in [0.2, 0.25) is 0 Å². The molecule has 0 aromatic heterocycles. The van der Waals surface area contributed by atoms with Gasteiger partial charge in [-0.2, -0.15) is 0 Å². The van der Waals surface area contributed by atoms with Crippen LogP contribution in [0.5, 0.6) is 5.75 Å². The number of benzene rings is 3. The lowest BCUT2D eigenvalue weighted by atomic mass is 10.1. The summed E-state index contributed by atoms with van der Waals surface area (Å²) < 4.78 is 34.9. The second-order valence-corrected chi connectivity index (χ2v) is 9.88. The molecule has 0 unspecified atom stereocenters. The Hall–Kier alpha value is -2.67. The molecule has 0 aliphatic carbocycles. The average molecular weight is 451 g/mol. The second-order valence-electron chi connectivity index (χ2n) is 8.20. The van der Waals surface area contributed by atoms with Crippen LogP contribution in [-0.4, -0.2) is 46.1 Å². The van der Waals surface area contributed by atoms with Crippen LogP contribution in [-0.2, 0) is 16.4 Å². The zero-order valence-corrected chi connectivity index (χ0v) is 19.2. The van der Waals surface area contributed by atoms with Crippen LogP contribution in [0.25, 0.3) is 11.1 Å². The van der Waals surface area contributed by atoms with Crippen molar-refractivity contribution in [3.63, 3.8) is 0 Å². The lowest BCUT2D eigenvalue weighted by molar-refractivity contribution is 0.209. The lowest BCUT2D eigenvalue weighted by Crippen LogP contribution is -2.45. The zero-order valence-electron chi connectivity index (χ0n) is 18.4. The minimum absolute atomic E-state index is 0.0568. The van der Waals surface area contributed by atoms with Gasteiger partial charge >= 0.3 is 0 Å². The van der Waals surface area contributed by atoms with Crippen LogP contribution in [0.3, 0.4) is 0 Å². The fourth-order valence-electron chi connectivity index (χ4n) is 4.20. The average Bonchev–Trinajstić information content (AvgIpc) is 2.84. The summed E-state index contributed by atoms with van der Waals surface area (Å²) in [6, 6.07) is 25.1. The van der Waals surface area contributed by atoms with Gasteiger partial charge < -0.3 is 9.64 Å². The summed E-state index contributed by atoms with van der Waals surface area (Å²) in [5.74, 6) is 0.634. The molecule has 0 bridgehead atoms. The Bertz CT molecular complexity index is 1110. The highest BCUT2D eigenvalue weighted by Gasteiger charge is 2.26. The maximum atomic E-state index is 13.3. The van der Waals surface area contributed by atoms with Gasteiger partial charge in [0.25, 0.3) is 0 Å². The van der Waals surface area contributed by atoms with E-state index in [1.54, 1.807) is 25.3 Å². The Morgan fingerprint density at radius 3 is 2.25 bits per heavy atom. The number of hydrogen-bond donors (Lipinski definition) is 1. The van der Waals surface area contributed by atoms with Gasteiger partial charge in [-0.1, -0.05) is 60.7 Å². The van der Waals surface area contributed by atoms with Crippen molar-refractivity contribution >= 4 is 10.0 Å². The summed E-state index contributed by atoms with van der Waals surface area (Å²) in [6.45, 7) is 2.79. The Balaban J connectivity index is 1.42. The van der Waals surface area contributed by atoms with Crippen LogP contribution >= 0.6 is 0 Å². The Morgan fingerprint density at radius 1 is 0.938 bits per heavy atom. The van der Waals surface area contributed by atoms with E-state index in [1.165, 1.54) is 5.56 Å². The number of methoxy groups -OCH3 is 1. The molecule has 1 aliphatic rings. The van der Waals surface area contributed by atoms with Gasteiger partial charge in [-0.15, -0.1) is 0 Å². The van der Waals surface area contributed by atoms with Crippen molar-refractivity contribution in [2.24, 2.45) is 0 Å². The third-order valence-corrected chi connectivity index (χ3v) is 7.61. The molecule has 6 heteroatoms. The van der Waals surface area contributed by atoms with Gasteiger partial charge in [0.2, 0.25) is 10.0 Å². The molecule has 1 aliphatic heterocycles. The highest BCUT2D eigenvalue weighted by Crippen LogP contribution is 2.31. The first kappa shape index (κ1) is 22.5. The van der Waals surface area contributed by atoms with Crippen molar-refractivity contribution in [1.29, 1.82) is 0 Å². The number of rotatable bonds is 8. The van der Waals surface area contributed by atoms with E-state index in [0.717, 1.165) is 44.5 Å². The molecule has 4 rings (SSSR count). The van der Waals surface area contributed by atoms with E-state index in [4.69, 9.17) is 4.74 Å². The molecule has 1 saturated heterocycles. The van der Waals surface area contributed by atoms with Gasteiger partial charge in [0, 0.05) is 18.2 Å². The van der Waals surface area contributed by atoms with E-state index in [-0.39, 0.29) is 10.9 Å². The van der Waals surface area contributed by atoms with Gasteiger partial charge in [0.05, 0.1) is 12.0 Å². The minimum atomic E-state index is -3.66. The van der Waals surface area contributed by atoms with Gasteiger partial charge in [0.1, 0.15) is 5.75 Å². The first-order valence-electron chi connectivity index (χ1n) is 11.1. The largest absolute Gasteiger partial charge is 0.497 e. The van der Waals surface area contributed by atoms with Gasteiger partial charge in [0.15, 0.2) is 0 Å². The van der Waals surface area contributed by atoms with Crippen molar-refractivity contribution in [2.75, 3.05) is 26.7 Å². The Morgan fingerprint density at radius 2 is 1.59 bits per heavy atom. The number of piperidine rings is 1. The molecule has 0 atom stereocenters. The molecule has 0 radical (unpaired) electrons. The molecular formula is C26H30N2O3S. The van der Waals surface area contributed by atoms with E-state index in [1.807, 2.05) is 36.4 Å². The summed E-state index contributed by atoms with van der Waals surface area (Å²) >= 11 is 0. The molecule has 3 aromatic carbocycles. The summed E-state index contributed by atoms with van der Waals surface area (Å²) in [5.41, 5.74) is 2.84. The van der Waals surface area contributed by atoms with Crippen LogP contribution in [0.1, 0.15) is 18.4 Å². The van der Waals surface area contributed by atoms with Crippen molar-refractivity contribution in [1.82, 2.24) is 9.62 Å². The lowest BCUT2D eigenvalue weighted by Gasteiger charge is -2.32. The molecule has 0 saturated carbocycles. The Labute approximate surface area is 191 Å². The zero-order chi connectivity index (χ0) is 22.4. The van der Waals surface area contributed by atoms with Crippen LogP contribution < -0.4 is 9.46 Å². The topological polar surface area (TPSA) is 58.6 Å². The molecule has 1 fully saturated rings. The predicted octanol–water partition coefficient (Wildman–Crippen LogP) is 4.35. The minimum Gasteiger partial charge on any atom is -0.497 e. The molecule has 3 aromatic rings. The molecule has 1 N–H and O–H groups in total. The van der Waals surface area contributed by atoms with Crippen LogP contribution in [0.4, 0.5) is 0 Å². The van der Waals surface area contributed by atoms with E-state index in [2.05, 4.69) is 33.9 Å². The maximum absolute atomic E-state index is 13.3. The van der Waals surface area contributed by atoms with Gasteiger partial charge in [-0.25, -0.2) is 13.1 Å². The van der Waals surface area contributed by atoms with Gasteiger partial charge in [-0.3, -0.25) is 0 Å². The third kappa shape index (κ3) is 5.57. The number of sulfonamides is 1. The van der Waals surface area contributed by atoms with E-state index in [9.17, 15) is 8.42 Å². The summed E-state index contributed by atoms with van der Waals surface area (Å²) in [7, 11) is -2.08. The highest BCUT2D eigenvalue weighted by atomic mass is 32.2. The normalized spacial score (nSPS) is 15.5. The number of likely N-dealkylation sites (tertiary alicyclic amines) is 1. The molecule has 5 nitrogen and oxygen atoms in total. The quantitative estimate of drug-likeness (QED) is 0.554. The first-order chi connectivity index (χ1) is 15.5. The maximum Gasteiger partial charge on any atom is 0.241 e. The monoisotopic (exact) mass is 450 g/mol. The number of hydrogen-bond acceptors (Lipinski definition) is 4. The van der Waals surface area contributed by atoms with Crippen LogP contribution in [0, 0.1) is 0 Å². The fourth-order valence-corrected chi connectivity index (χ4v) is 5.72. The molecule has 0 amide bonds. The molecule has 0 spiro atoms. The van der Waals surface area contributed by atoms with Crippen LogP contribution in [0.15, 0.2) is 83.8 Å². The SMILES string of the molecule is COc1ccc(S(=O)(=O)NC2CCN(CCc3ccccc3)CC2)c(-c2ccccc2)c1. The fraction of sp³-hybridized carbons (Fsp3) is 0.308. The highest BCUT2D eigenvalue weighted by molar-refractivity contribution is 7.89. The van der Waals surface area contributed by atoms with Crippen molar-refractivity contribution in [2.45, 2.75) is 30.2 Å². The number of nitrogens with zero attached hydrogens (tertiary/aromatic N) is 1. The Kier molecular flexibility index (Phi) is 7.25. The van der Waals surface area contributed by atoms with E-state index >= 15 is 0 Å². The molecular weight excluding hydrogens is 420 g/mol. The number of ether oxygens (including phenoxy) is 1. The van der Waals surface area contributed by atoms with E-state index < -0.39 is 10.0 Å². The smallest absolute Gasteiger partial charge is 0.241 e. The first-order valence-corrected chi connectivity index (χ1v) is 12.6.